The molecule has 26 heavy (non-hydrogen) atoms. The van der Waals surface area contributed by atoms with Crippen molar-refractivity contribution in [1.82, 2.24) is 0 Å². The lowest BCUT2D eigenvalue weighted by Crippen LogP contribution is -2.59. The molecule has 0 bridgehead atoms. The Balaban J connectivity index is 1.89. The molecule has 0 unspecified atom stereocenters. The first-order chi connectivity index (χ1) is 12.4. The van der Waals surface area contributed by atoms with Gasteiger partial charge in [-0.1, -0.05) is 71.0 Å². The Bertz CT molecular complexity index is 881. The first kappa shape index (κ1) is 16.6. The Kier molecular flexibility index (Phi) is 3.57. The first-order valence-corrected chi connectivity index (χ1v) is 8.05. The van der Waals surface area contributed by atoms with Crippen molar-refractivity contribution in [2.24, 2.45) is 15.7 Å². The Labute approximate surface area is 147 Å². The van der Waals surface area contributed by atoms with Crippen LogP contribution in [0.3, 0.4) is 0 Å². The molecule has 0 saturated heterocycles. The Morgan fingerprint density at radius 3 is 2.15 bits per heavy atom. The van der Waals surface area contributed by atoms with Crippen LogP contribution in [0.15, 0.2) is 71.0 Å². The van der Waals surface area contributed by atoms with Gasteiger partial charge in [0.15, 0.2) is 0 Å². The van der Waals surface area contributed by atoms with Crippen LogP contribution in [-0.2, 0) is 15.3 Å². The molecule has 0 fully saturated rings. The predicted molar refractivity (Wildman–Crippen MR) is 89.7 cm³/mol. The number of nitrogens with zero attached hydrogens (tertiary/aromatic N) is 2. The number of alkyl halides is 3. The van der Waals surface area contributed by atoms with E-state index in [2.05, 4.69) is 10.3 Å². The third-order valence-corrected chi connectivity index (χ3v) is 4.93. The van der Waals surface area contributed by atoms with E-state index in [4.69, 9.17) is 9.68 Å². The lowest BCUT2D eigenvalue weighted by molar-refractivity contribution is -0.309. The van der Waals surface area contributed by atoms with E-state index in [9.17, 15) is 13.2 Å². The van der Waals surface area contributed by atoms with Crippen LogP contribution in [-0.4, -0.2) is 24.2 Å². The molecule has 0 N–H and O–H groups in total. The van der Waals surface area contributed by atoms with E-state index >= 15 is 0 Å². The van der Waals surface area contributed by atoms with Crippen molar-refractivity contribution >= 4 is 11.4 Å². The smallest absolute Gasteiger partial charge is 0.394 e. The second-order valence-corrected chi connectivity index (χ2v) is 6.49. The van der Waals surface area contributed by atoms with Crippen LogP contribution in [0.5, 0.6) is 0 Å². The standard InChI is InChI=1S/C19H15F3N2O2/c1-17-12-25-23-15(13-8-4-2-5-9-13)16(17)24-26-18(17,19(20,21)22)14-10-6-3-7-11-14/h2-11H,12H2,1H3/t17-,18-/m0/s1. The molecule has 2 aliphatic rings. The number of rotatable bonds is 2. The van der Waals surface area contributed by atoms with Crippen molar-refractivity contribution in [3.8, 4) is 0 Å². The van der Waals surface area contributed by atoms with E-state index in [-0.39, 0.29) is 23.6 Å². The third kappa shape index (κ3) is 2.09. The van der Waals surface area contributed by atoms with Gasteiger partial charge in [-0.15, -0.1) is 0 Å². The zero-order chi connectivity index (χ0) is 18.4. The Hall–Kier alpha value is -2.83. The second kappa shape index (κ2) is 5.59. The van der Waals surface area contributed by atoms with Crippen molar-refractivity contribution in [2.75, 3.05) is 6.61 Å². The minimum absolute atomic E-state index is 0.0216. The van der Waals surface area contributed by atoms with Gasteiger partial charge in [-0.3, -0.25) is 0 Å². The van der Waals surface area contributed by atoms with Crippen LogP contribution < -0.4 is 0 Å². The minimum atomic E-state index is -4.71. The van der Waals surface area contributed by atoms with Crippen LogP contribution in [0, 0.1) is 5.41 Å². The average molecular weight is 360 g/mol. The topological polar surface area (TPSA) is 43.2 Å². The third-order valence-electron chi connectivity index (χ3n) is 4.93. The number of fused-ring (bicyclic) bond motifs is 1. The van der Waals surface area contributed by atoms with Gasteiger partial charge >= 0.3 is 6.18 Å². The molecule has 7 heteroatoms. The van der Waals surface area contributed by atoms with Gasteiger partial charge in [0.05, 0.1) is 0 Å². The van der Waals surface area contributed by atoms with Crippen molar-refractivity contribution in [3.63, 3.8) is 0 Å². The summed E-state index contributed by atoms with van der Waals surface area (Å²) in [7, 11) is 0. The summed E-state index contributed by atoms with van der Waals surface area (Å²) in [5.41, 5.74) is -3.25. The summed E-state index contributed by atoms with van der Waals surface area (Å²) in [6.45, 7) is 1.16. The number of oxime groups is 2. The summed E-state index contributed by atoms with van der Waals surface area (Å²) in [4.78, 5) is 10.4. The molecular formula is C19H15F3N2O2. The van der Waals surface area contributed by atoms with Crippen LogP contribution in [0.4, 0.5) is 13.2 Å². The molecule has 2 aliphatic heterocycles. The van der Waals surface area contributed by atoms with E-state index in [0.29, 0.717) is 5.56 Å². The van der Waals surface area contributed by atoms with E-state index in [1.807, 2.05) is 6.07 Å². The number of hydrogen-bond acceptors (Lipinski definition) is 4. The molecule has 4 rings (SSSR count). The molecule has 0 aliphatic carbocycles. The van der Waals surface area contributed by atoms with Crippen LogP contribution in [0.2, 0.25) is 0 Å². The van der Waals surface area contributed by atoms with Gasteiger partial charge in [0.1, 0.15) is 23.4 Å². The summed E-state index contributed by atoms with van der Waals surface area (Å²) in [5, 5.41) is 7.84. The summed E-state index contributed by atoms with van der Waals surface area (Å²) in [5.74, 6) is 0. The first-order valence-electron chi connectivity index (χ1n) is 8.05. The van der Waals surface area contributed by atoms with Crippen LogP contribution >= 0.6 is 0 Å². The summed E-state index contributed by atoms with van der Waals surface area (Å²) < 4.78 is 43.1. The second-order valence-electron chi connectivity index (χ2n) is 6.49. The fourth-order valence-corrected chi connectivity index (χ4v) is 3.58. The zero-order valence-electron chi connectivity index (χ0n) is 13.8. The van der Waals surface area contributed by atoms with Crippen LogP contribution in [0.1, 0.15) is 18.1 Å². The highest BCUT2D eigenvalue weighted by Crippen LogP contribution is 2.58. The lowest BCUT2D eigenvalue weighted by Gasteiger charge is -2.42. The summed E-state index contributed by atoms with van der Waals surface area (Å²) in [6.07, 6.45) is -4.71. The molecule has 0 saturated carbocycles. The number of halogens is 3. The van der Waals surface area contributed by atoms with E-state index in [1.54, 1.807) is 42.5 Å². The molecular weight excluding hydrogens is 345 g/mol. The van der Waals surface area contributed by atoms with E-state index < -0.39 is 17.2 Å². The molecule has 0 spiro atoms. The van der Waals surface area contributed by atoms with Crippen LogP contribution in [0.25, 0.3) is 0 Å². The van der Waals surface area contributed by atoms with Crippen molar-refractivity contribution in [1.29, 1.82) is 0 Å². The van der Waals surface area contributed by atoms with Gasteiger partial charge in [0.25, 0.3) is 5.60 Å². The fraction of sp³-hybridized carbons (Fsp3) is 0.263. The molecule has 2 atom stereocenters. The molecule has 134 valence electrons. The summed E-state index contributed by atoms with van der Waals surface area (Å²) >= 11 is 0. The lowest BCUT2D eigenvalue weighted by atomic mass is 9.65. The van der Waals surface area contributed by atoms with Gasteiger partial charge in [0.2, 0.25) is 0 Å². The van der Waals surface area contributed by atoms with Gasteiger partial charge in [-0.2, -0.15) is 13.2 Å². The van der Waals surface area contributed by atoms with E-state index in [0.717, 1.165) is 0 Å². The molecule has 2 aromatic rings. The van der Waals surface area contributed by atoms with Gasteiger partial charge in [-0.25, -0.2) is 0 Å². The molecule has 2 heterocycles. The maximum atomic E-state index is 14.4. The highest BCUT2D eigenvalue weighted by atomic mass is 19.4. The number of benzene rings is 2. The fourth-order valence-electron chi connectivity index (χ4n) is 3.58. The van der Waals surface area contributed by atoms with E-state index in [1.165, 1.54) is 19.1 Å². The zero-order valence-corrected chi connectivity index (χ0v) is 13.8. The monoisotopic (exact) mass is 360 g/mol. The molecule has 2 aromatic carbocycles. The SMILES string of the molecule is C[C@]12CON=C(c3ccccc3)C1=NO[C@]2(c1ccccc1)C(F)(F)F. The van der Waals surface area contributed by atoms with Crippen molar-refractivity contribution < 1.29 is 22.8 Å². The average Bonchev–Trinajstić information content (AvgIpc) is 2.97. The Morgan fingerprint density at radius 1 is 0.923 bits per heavy atom. The molecule has 0 aromatic heterocycles. The highest BCUT2D eigenvalue weighted by molar-refractivity contribution is 6.50. The summed E-state index contributed by atoms with van der Waals surface area (Å²) in [6, 6.07) is 16.4. The normalized spacial score (nSPS) is 27.7. The molecule has 0 amide bonds. The Morgan fingerprint density at radius 2 is 1.54 bits per heavy atom. The van der Waals surface area contributed by atoms with Gasteiger partial charge in [-0.05, 0) is 6.92 Å². The van der Waals surface area contributed by atoms with Crippen molar-refractivity contribution in [3.05, 3.63) is 71.8 Å². The molecule has 0 radical (unpaired) electrons. The number of hydrogen-bond donors (Lipinski definition) is 0. The predicted octanol–water partition coefficient (Wildman–Crippen LogP) is 4.27. The maximum absolute atomic E-state index is 14.4. The van der Waals surface area contributed by atoms with Gasteiger partial charge < -0.3 is 9.68 Å². The maximum Gasteiger partial charge on any atom is 0.436 e. The van der Waals surface area contributed by atoms with Crippen molar-refractivity contribution in [2.45, 2.75) is 18.7 Å². The highest BCUT2D eigenvalue weighted by Gasteiger charge is 2.75. The largest absolute Gasteiger partial charge is 0.436 e. The minimum Gasteiger partial charge on any atom is -0.394 e. The molecule has 4 nitrogen and oxygen atoms in total. The van der Waals surface area contributed by atoms with Gasteiger partial charge in [0, 0.05) is 11.1 Å². The quantitative estimate of drug-likeness (QED) is 0.803.